The number of hydrogen-bond acceptors (Lipinski definition) is 8. The summed E-state index contributed by atoms with van der Waals surface area (Å²) in [6, 6.07) is 13.8. The van der Waals surface area contributed by atoms with Crippen molar-refractivity contribution in [2.45, 2.75) is 65.0 Å². The van der Waals surface area contributed by atoms with Gasteiger partial charge in [0.15, 0.2) is 5.82 Å². The molecule has 0 unspecified atom stereocenters. The Morgan fingerprint density at radius 3 is 2.47 bits per heavy atom. The number of anilines is 1. The molecule has 3 aromatic rings. The normalized spacial score (nSPS) is 15.5. The molecule has 0 aromatic heterocycles. The Kier molecular flexibility index (Phi) is 10.7. The maximum Gasteiger partial charge on any atom is 0.306 e. The molecule has 1 fully saturated rings. The number of amides is 2. The van der Waals surface area contributed by atoms with Crippen LogP contribution in [0.3, 0.4) is 0 Å². The van der Waals surface area contributed by atoms with Crippen molar-refractivity contribution in [3.05, 3.63) is 93.0 Å². The molecule has 2 amide bonds. The largest absolute Gasteiger partial charge is 0.488 e. The van der Waals surface area contributed by atoms with Crippen LogP contribution in [0.4, 0.5) is 14.5 Å². The van der Waals surface area contributed by atoms with Gasteiger partial charge < -0.3 is 25.0 Å². The first kappa shape index (κ1) is 35.6. The van der Waals surface area contributed by atoms with E-state index >= 15 is 4.39 Å². The van der Waals surface area contributed by atoms with E-state index in [9.17, 15) is 18.8 Å². The fraction of sp³-hybridized carbons (Fsp3) is 0.389. The van der Waals surface area contributed by atoms with Gasteiger partial charge >= 0.3 is 5.97 Å². The number of piperazine rings is 1. The molecule has 2 aliphatic heterocycles. The number of esters is 1. The topological polar surface area (TPSA) is 129 Å². The van der Waals surface area contributed by atoms with Crippen LogP contribution in [-0.4, -0.2) is 65.4 Å². The number of nitrogens with two attached hydrogens (primary N) is 1. The van der Waals surface area contributed by atoms with Crippen molar-refractivity contribution in [1.82, 2.24) is 9.80 Å². The van der Waals surface area contributed by atoms with Gasteiger partial charge in [0.25, 0.3) is 5.91 Å². The summed E-state index contributed by atoms with van der Waals surface area (Å²) >= 11 is 6.01. The lowest BCUT2D eigenvalue weighted by atomic mass is 10.1. The van der Waals surface area contributed by atoms with E-state index in [1.807, 2.05) is 17.0 Å². The molecule has 258 valence electrons. The van der Waals surface area contributed by atoms with Crippen molar-refractivity contribution in [2.24, 2.45) is 5.73 Å². The summed E-state index contributed by atoms with van der Waals surface area (Å²) in [7, 11) is 0. The Morgan fingerprint density at radius 1 is 1.08 bits per heavy atom. The van der Waals surface area contributed by atoms with Gasteiger partial charge in [0.05, 0.1) is 22.8 Å². The van der Waals surface area contributed by atoms with Gasteiger partial charge in [-0.3, -0.25) is 19.3 Å². The number of carbonyl (C=O) groups excluding carboxylic acids is 3. The quantitative estimate of drug-likeness (QED) is 0.267. The molecule has 0 bridgehead atoms. The van der Waals surface area contributed by atoms with Crippen LogP contribution in [0, 0.1) is 23.0 Å². The van der Waals surface area contributed by atoms with Crippen LogP contribution in [0.25, 0.3) is 0 Å². The van der Waals surface area contributed by atoms with Crippen molar-refractivity contribution >= 4 is 35.1 Å². The molecule has 5 rings (SSSR count). The number of primary amides is 1. The molecule has 0 radical (unpaired) electrons. The van der Waals surface area contributed by atoms with Gasteiger partial charge in [0.1, 0.15) is 35.9 Å². The fourth-order valence-corrected chi connectivity index (χ4v) is 6.25. The van der Waals surface area contributed by atoms with E-state index in [1.165, 1.54) is 17.0 Å². The highest BCUT2D eigenvalue weighted by atomic mass is 35.5. The highest BCUT2D eigenvalue weighted by Gasteiger charge is 2.37. The van der Waals surface area contributed by atoms with Gasteiger partial charge in [0.2, 0.25) is 5.91 Å². The molecule has 2 aliphatic rings. The lowest BCUT2D eigenvalue weighted by Gasteiger charge is -2.36. The standard InChI is InChI=1S/C36H38ClF2N5O5/c1-36(2,3)49-31(45)12-11-29(34(41)46)44-20-26-25(35(44)47)5-4-6-30(26)48-21-24-8-7-22(17-27(24)38)19-42-13-15-43(16-14-42)28-10-9-23(18-40)32(37)33(28)39/h4-10,17,29H,11-16,19-21H2,1-3H3,(H2,41,46)/t29-/m0/s1. The number of hydrogen-bond donors (Lipinski definition) is 1. The minimum atomic E-state index is -1.02. The van der Waals surface area contributed by atoms with Crippen molar-refractivity contribution in [2.75, 3.05) is 31.1 Å². The first-order valence-corrected chi connectivity index (χ1v) is 16.3. The summed E-state index contributed by atoms with van der Waals surface area (Å²) in [5.41, 5.74) is 7.40. The molecular formula is C36H38ClF2N5O5. The van der Waals surface area contributed by atoms with Crippen LogP contribution >= 0.6 is 11.6 Å². The van der Waals surface area contributed by atoms with Crippen molar-refractivity contribution in [3.63, 3.8) is 0 Å². The minimum absolute atomic E-state index is 0.0119. The van der Waals surface area contributed by atoms with Gasteiger partial charge in [-0.2, -0.15) is 5.26 Å². The summed E-state index contributed by atoms with van der Waals surface area (Å²) in [5, 5.41) is 8.90. The summed E-state index contributed by atoms with van der Waals surface area (Å²) < 4.78 is 41.3. The van der Waals surface area contributed by atoms with Crippen LogP contribution in [0.2, 0.25) is 5.02 Å². The fourth-order valence-electron chi connectivity index (χ4n) is 6.05. The monoisotopic (exact) mass is 693 g/mol. The van der Waals surface area contributed by atoms with Crippen LogP contribution in [-0.2, 0) is 34.0 Å². The molecule has 1 saturated heterocycles. The number of rotatable bonds is 11. The van der Waals surface area contributed by atoms with E-state index in [-0.39, 0.29) is 36.6 Å². The second-order valence-electron chi connectivity index (χ2n) is 13.1. The van der Waals surface area contributed by atoms with Gasteiger partial charge in [-0.25, -0.2) is 8.78 Å². The predicted octanol–water partition coefficient (Wildman–Crippen LogP) is 5.32. The summed E-state index contributed by atoms with van der Waals surface area (Å²) in [5.74, 6) is -2.30. The molecule has 49 heavy (non-hydrogen) atoms. The number of ether oxygens (including phenoxy) is 2. The molecule has 13 heteroatoms. The third-order valence-corrected chi connectivity index (χ3v) is 8.87. The smallest absolute Gasteiger partial charge is 0.306 e. The van der Waals surface area contributed by atoms with Gasteiger partial charge in [0, 0.05) is 55.8 Å². The van der Waals surface area contributed by atoms with E-state index in [4.69, 9.17) is 32.1 Å². The van der Waals surface area contributed by atoms with Gasteiger partial charge in [-0.15, -0.1) is 0 Å². The van der Waals surface area contributed by atoms with Crippen molar-refractivity contribution in [1.29, 1.82) is 5.26 Å². The zero-order chi connectivity index (χ0) is 35.5. The Bertz CT molecular complexity index is 1800. The number of fused-ring (bicyclic) bond motifs is 1. The zero-order valence-electron chi connectivity index (χ0n) is 27.6. The summed E-state index contributed by atoms with van der Waals surface area (Å²) in [6.07, 6.45) is -0.0777. The van der Waals surface area contributed by atoms with E-state index in [2.05, 4.69) is 4.90 Å². The van der Waals surface area contributed by atoms with Crippen LogP contribution in [0.1, 0.15) is 66.2 Å². The van der Waals surface area contributed by atoms with Crippen LogP contribution in [0.15, 0.2) is 48.5 Å². The lowest BCUT2D eigenvalue weighted by Crippen LogP contribution is -2.46. The molecule has 10 nitrogen and oxygen atoms in total. The first-order valence-electron chi connectivity index (χ1n) is 15.9. The Hall–Kier alpha value is -4.73. The highest BCUT2D eigenvalue weighted by Crippen LogP contribution is 2.34. The third kappa shape index (κ3) is 8.29. The summed E-state index contributed by atoms with van der Waals surface area (Å²) in [6.45, 7) is 8.00. The number of halogens is 3. The minimum Gasteiger partial charge on any atom is -0.488 e. The van der Waals surface area contributed by atoms with Crippen molar-refractivity contribution < 1.29 is 32.6 Å². The van der Waals surface area contributed by atoms with E-state index in [0.29, 0.717) is 60.9 Å². The average molecular weight is 694 g/mol. The lowest BCUT2D eigenvalue weighted by molar-refractivity contribution is -0.155. The maximum absolute atomic E-state index is 15.2. The Balaban J connectivity index is 1.17. The van der Waals surface area contributed by atoms with Crippen LogP contribution < -0.4 is 15.4 Å². The predicted molar refractivity (Wildman–Crippen MR) is 179 cm³/mol. The second kappa shape index (κ2) is 14.8. The number of carbonyl (C=O) groups is 3. The van der Waals surface area contributed by atoms with E-state index in [1.54, 1.807) is 51.1 Å². The second-order valence-corrected chi connectivity index (χ2v) is 13.5. The highest BCUT2D eigenvalue weighted by molar-refractivity contribution is 6.32. The number of nitrogens with zero attached hydrogens (tertiary/aromatic N) is 4. The van der Waals surface area contributed by atoms with Gasteiger partial charge in [-0.1, -0.05) is 29.8 Å². The average Bonchev–Trinajstić information content (AvgIpc) is 3.38. The molecule has 0 spiro atoms. The molecule has 2 heterocycles. The SMILES string of the molecule is CC(C)(C)OC(=O)CC[C@@H](C(N)=O)N1Cc2c(OCc3ccc(CN4CCN(c5ccc(C#N)c(Cl)c5F)CC4)cc3F)cccc2C1=O. The van der Waals surface area contributed by atoms with E-state index < -0.39 is 41.1 Å². The maximum atomic E-state index is 15.2. The molecule has 0 saturated carbocycles. The Labute approximate surface area is 288 Å². The molecule has 2 N–H and O–H groups in total. The molecule has 1 atom stereocenters. The number of nitriles is 1. The Morgan fingerprint density at radius 2 is 1.82 bits per heavy atom. The molecule has 3 aromatic carbocycles. The van der Waals surface area contributed by atoms with Crippen LogP contribution in [0.5, 0.6) is 5.75 Å². The zero-order valence-corrected chi connectivity index (χ0v) is 28.4. The van der Waals surface area contributed by atoms with E-state index in [0.717, 1.165) is 5.56 Å². The third-order valence-electron chi connectivity index (χ3n) is 8.50. The number of benzene rings is 3. The molecular weight excluding hydrogens is 656 g/mol. The first-order chi connectivity index (χ1) is 23.3. The van der Waals surface area contributed by atoms with Crippen molar-refractivity contribution in [3.8, 4) is 11.8 Å². The van der Waals surface area contributed by atoms with Gasteiger partial charge in [-0.05, 0) is 63.1 Å². The molecule has 0 aliphatic carbocycles. The summed E-state index contributed by atoms with van der Waals surface area (Å²) in [4.78, 5) is 43.3.